The van der Waals surface area contributed by atoms with Gasteiger partial charge in [0.15, 0.2) is 5.69 Å². The summed E-state index contributed by atoms with van der Waals surface area (Å²) in [5, 5.41) is 17.4. The van der Waals surface area contributed by atoms with E-state index in [-0.39, 0.29) is 0 Å². The van der Waals surface area contributed by atoms with E-state index in [4.69, 9.17) is 0 Å². The third kappa shape index (κ3) is 5.21. The van der Waals surface area contributed by atoms with Gasteiger partial charge in [0.2, 0.25) is 0 Å². The molecule has 0 aliphatic carbocycles. The van der Waals surface area contributed by atoms with Gasteiger partial charge in [0.05, 0.1) is 5.69 Å². The van der Waals surface area contributed by atoms with Crippen molar-refractivity contribution in [2.75, 3.05) is 0 Å². The van der Waals surface area contributed by atoms with E-state index in [0.717, 1.165) is 31.5 Å². The van der Waals surface area contributed by atoms with Crippen LogP contribution in [-0.4, -0.2) is 15.0 Å². The fraction of sp³-hybridized carbons (Fsp3) is 0.526. The first-order valence-electron chi connectivity index (χ1n) is 8.62. The molecule has 2 rings (SSSR count). The molecule has 0 aliphatic heterocycles. The van der Waals surface area contributed by atoms with Gasteiger partial charge in [-0.15, -0.1) is 5.10 Å². The van der Waals surface area contributed by atoms with Crippen molar-refractivity contribution in [2.24, 2.45) is 0 Å². The largest absolute Gasteiger partial charge is 0.248 e. The van der Waals surface area contributed by atoms with Crippen LogP contribution in [0.2, 0.25) is 0 Å². The standard InChI is InChI=1S/C19H26N4/c1-3-4-5-6-7-14-23-19(18(15-20)21-22-23)13-12-17-10-8-16(2)9-11-17/h8-11H,3-7,12-14H2,1-2H3. The lowest BCUT2D eigenvalue weighted by Gasteiger charge is -2.07. The predicted molar refractivity (Wildman–Crippen MR) is 92.1 cm³/mol. The maximum atomic E-state index is 9.24. The topological polar surface area (TPSA) is 54.5 Å². The van der Waals surface area contributed by atoms with Gasteiger partial charge < -0.3 is 0 Å². The molecule has 0 atom stereocenters. The Morgan fingerprint density at radius 2 is 1.78 bits per heavy atom. The fourth-order valence-corrected chi connectivity index (χ4v) is 2.73. The third-order valence-corrected chi connectivity index (χ3v) is 4.19. The second-order valence-electron chi connectivity index (χ2n) is 6.12. The Morgan fingerprint density at radius 3 is 2.48 bits per heavy atom. The summed E-state index contributed by atoms with van der Waals surface area (Å²) in [5.41, 5.74) is 4.01. The van der Waals surface area contributed by atoms with Crippen molar-refractivity contribution < 1.29 is 0 Å². The Hall–Kier alpha value is -2.15. The summed E-state index contributed by atoms with van der Waals surface area (Å²) in [6.07, 6.45) is 7.87. The number of aromatic nitrogens is 3. The molecule has 4 heteroatoms. The average Bonchev–Trinajstić information content (AvgIpc) is 2.96. The van der Waals surface area contributed by atoms with Crippen LogP contribution in [0.25, 0.3) is 0 Å². The molecule has 2 aromatic rings. The van der Waals surface area contributed by atoms with Crippen LogP contribution >= 0.6 is 0 Å². The van der Waals surface area contributed by atoms with Gasteiger partial charge >= 0.3 is 0 Å². The Bertz CT molecular complexity index is 634. The molecule has 1 aromatic carbocycles. The lowest BCUT2D eigenvalue weighted by molar-refractivity contribution is 0.506. The van der Waals surface area contributed by atoms with E-state index < -0.39 is 0 Å². The summed E-state index contributed by atoms with van der Waals surface area (Å²) in [6, 6.07) is 10.7. The smallest absolute Gasteiger partial charge is 0.185 e. The molecule has 0 saturated heterocycles. The molecule has 1 heterocycles. The van der Waals surface area contributed by atoms with Crippen LogP contribution < -0.4 is 0 Å². The molecule has 0 aliphatic rings. The van der Waals surface area contributed by atoms with Crippen LogP contribution in [0.1, 0.15) is 61.5 Å². The van der Waals surface area contributed by atoms with E-state index in [9.17, 15) is 5.26 Å². The lowest BCUT2D eigenvalue weighted by Crippen LogP contribution is -2.07. The first kappa shape index (κ1) is 17.2. The zero-order valence-electron chi connectivity index (χ0n) is 14.3. The Balaban J connectivity index is 1.95. The number of hydrogen-bond acceptors (Lipinski definition) is 3. The molecule has 0 radical (unpaired) electrons. The van der Waals surface area contributed by atoms with Gasteiger partial charge in [-0.05, 0) is 31.7 Å². The van der Waals surface area contributed by atoms with E-state index >= 15 is 0 Å². The Morgan fingerprint density at radius 1 is 1.04 bits per heavy atom. The molecule has 0 unspecified atom stereocenters. The van der Waals surface area contributed by atoms with Gasteiger partial charge in [-0.25, -0.2) is 4.68 Å². The number of nitrogens with zero attached hydrogens (tertiary/aromatic N) is 4. The SMILES string of the molecule is CCCCCCCn1nnc(C#N)c1CCc1ccc(C)cc1. The molecule has 0 N–H and O–H groups in total. The molecule has 1 aromatic heterocycles. The first-order valence-corrected chi connectivity index (χ1v) is 8.62. The highest BCUT2D eigenvalue weighted by molar-refractivity contribution is 5.27. The number of hydrogen-bond donors (Lipinski definition) is 0. The van der Waals surface area contributed by atoms with Crippen molar-refractivity contribution in [2.45, 2.75) is 65.3 Å². The van der Waals surface area contributed by atoms with E-state index in [1.807, 2.05) is 4.68 Å². The van der Waals surface area contributed by atoms with Crippen LogP contribution in [0, 0.1) is 18.3 Å². The van der Waals surface area contributed by atoms with Crippen molar-refractivity contribution in [3.8, 4) is 6.07 Å². The molecule has 0 spiro atoms. The molecule has 122 valence electrons. The molecule has 0 amide bonds. The van der Waals surface area contributed by atoms with Crippen molar-refractivity contribution in [3.05, 3.63) is 46.8 Å². The van der Waals surface area contributed by atoms with Crippen molar-refractivity contribution in [3.63, 3.8) is 0 Å². The molecular formula is C19H26N4. The summed E-state index contributed by atoms with van der Waals surface area (Å²) < 4.78 is 1.93. The minimum absolute atomic E-state index is 0.477. The van der Waals surface area contributed by atoms with Gasteiger partial charge in [0.1, 0.15) is 6.07 Å². The summed E-state index contributed by atoms with van der Waals surface area (Å²) in [5.74, 6) is 0. The summed E-state index contributed by atoms with van der Waals surface area (Å²) in [4.78, 5) is 0. The van der Waals surface area contributed by atoms with Gasteiger partial charge in [-0.1, -0.05) is 67.6 Å². The van der Waals surface area contributed by atoms with Gasteiger partial charge in [0.25, 0.3) is 0 Å². The van der Waals surface area contributed by atoms with Crippen LogP contribution in [0.15, 0.2) is 24.3 Å². The number of nitriles is 1. The maximum absolute atomic E-state index is 9.24. The van der Waals surface area contributed by atoms with E-state index in [1.54, 1.807) is 0 Å². The van der Waals surface area contributed by atoms with Crippen LogP contribution in [-0.2, 0) is 19.4 Å². The minimum atomic E-state index is 0.477. The molecule has 0 bridgehead atoms. The average molecular weight is 310 g/mol. The quantitative estimate of drug-likeness (QED) is 0.652. The summed E-state index contributed by atoms with van der Waals surface area (Å²) in [6.45, 7) is 5.18. The third-order valence-electron chi connectivity index (χ3n) is 4.19. The second-order valence-corrected chi connectivity index (χ2v) is 6.12. The van der Waals surface area contributed by atoms with Crippen molar-refractivity contribution in [1.82, 2.24) is 15.0 Å². The predicted octanol–water partition coefficient (Wildman–Crippen LogP) is 4.21. The molecule has 0 saturated carbocycles. The Kier molecular flexibility index (Phi) is 6.80. The zero-order valence-corrected chi connectivity index (χ0v) is 14.3. The summed E-state index contributed by atoms with van der Waals surface area (Å²) >= 11 is 0. The van der Waals surface area contributed by atoms with Crippen LogP contribution in [0.4, 0.5) is 0 Å². The highest BCUT2D eigenvalue weighted by Gasteiger charge is 2.12. The number of unbranched alkanes of at least 4 members (excludes halogenated alkanes) is 4. The number of aryl methyl sites for hydroxylation is 3. The van der Waals surface area contributed by atoms with Gasteiger partial charge in [0, 0.05) is 6.54 Å². The summed E-state index contributed by atoms with van der Waals surface area (Å²) in [7, 11) is 0. The Labute approximate surface area is 139 Å². The number of benzene rings is 1. The lowest BCUT2D eigenvalue weighted by atomic mass is 10.1. The monoisotopic (exact) mass is 310 g/mol. The molecule has 23 heavy (non-hydrogen) atoms. The molecule has 4 nitrogen and oxygen atoms in total. The van der Waals surface area contributed by atoms with Crippen molar-refractivity contribution in [1.29, 1.82) is 5.26 Å². The van der Waals surface area contributed by atoms with Crippen LogP contribution in [0.5, 0.6) is 0 Å². The van der Waals surface area contributed by atoms with E-state index in [2.05, 4.69) is 54.5 Å². The zero-order chi connectivity index (χ0) is 16.5. The molecular weight excluding hydrogens is 284 g/mol. The van der Waals surface area contributed by atoms with E-state index in [1.165, 1.54) is 36.8 Å². The first-order chi connectivity index (χ1) is 11.2. The maximum Gasteiger partial charge on any atom is 0.185 e. The molecule has 0 fully saturated rings. The highest BCUT2D eigenvalue weighted by atomic mass is 15.4. The normalized spacial score (nSPS) is 10.7. The fourth-order valence-electron chi connectivity index (χ4n) is 2.73. The number of rotatable bonds is 9. The second kappa shape index (κ2) is 9.09. The van der Waals surface area contributed by atoms with E-state index in [0.29, 0.717) is 5.69 Å². The van der Waals surface area contributed by atoms with Gasteiger partial charge in [-0.2, -0.15) is 5.26 Å². The minimum Gasteiger partial charge on any atom is -0.248 e. The van der Waals surface area contributed by atoms with Crippen molar-refractivity contribution >= 4 is 0 Å². The highest BCUT2D eigenvalue weighted by Crippen LogP contribution is 2.13. The van der Waals surface area contributed by atoms with Gasteiger partial charge in [-0.3, -0.25) is 0 Å². The van der Waals surface area contributed by atoms with Crippen LogP contribution in [0.3, 0.4) is 0 Å².